The van der Waals surface area contributed by atoms with Gasteiger partial charge >= 0.3 is 11.7 Å². The number of nitriles is 1. The number of hydrogen-bond acceptors (Lipinski definition) is 6. The van der Waals surface area contributed by atoms with Crippen LogP contribution in [0.3, 0.4) is 0 Å². The lowest BCUT2D eigenvalue weighted by atomic mass is 9.95. The lowest BCUT2D eigenvalue weighted by molar-refractivity contribution is -0.385. The van der Waals surface area contributed by atoms with Gasteiger partial charge in [0.1, 0.15) is 5.75 Å². The van der Waals surface area contributed by atoms with Gasteiger partial charge in [-0.3, -0.25) is 10.1 Å². The van der Waals surface area contributed by atoms with Crippen LogP contribution in [-0.4, -0.2) is 22.1 Å². The van der Waals surface area contributed by atoms with Crippen LogP contribution >= 0.6 is 0 Å². The predicted molar refractivity (Wildman–Crippen MR) is 123 cm³/mol. The first-order valence-corrected chi connectivity index (χ1v) is 11.1. The average Bonchev–Trinajstić information content (AvgIpc) is 3.11. The first-order valence-electron chi connectivity index (χ1n) is 11.1. The molecule has 1 heterocycles. The first-order chi connectivity index (χ1) is 15.9. The Hall–Kier alpha value is -3.86. The van der Waals surface area contributed by atoms with Crippen molar-refractivity contribution in [1.29, 1.82) is 5.26 Å². The van der Waals surface area contributed by atoms with Crippen LogP contribution in [0.5, 0.6) is 11.5 Å². The number of nitro benzene ring substituents is 1. The van der Waals surface area contributed by atoms with E-state index in [4.69, 9.17) is 14.7 Å². The summed E-state index contributed by atoms with van der Waals surface area (Å²) in [7, 11) is 0. The summed E-state index contributed by atoms with van der Waals surface area (Å²) < 4.78 is 13.4. The van der Waals surface area contributed by atoms with Crippen molar-refractivity contribution in [1.82, 2.24) is 4.57 Å². The van der Waals surface area contributed by atoms with Gasteiger partial charge in [-0.15, -0.1) is 0 Å². The maximum atomic E-state index is 12.9. The zero-order chi connectivity index (χ0) is 23.5. The molecule has 33 heavy (non-hydrogen) atoms. The van der Waals surface area contributed by atoms with Crippen LogP contribution < -0.4 is 4.74 Å². The minimum Gasteiger partial charge on any atom is -0.462 e. The van der Waals surface area contributed by atoms with E-state index in [0.717, 1.165) is 36.9 Å². The normalized spacial score (nSPS) is 14.1. The molecule has 8 heteroatoms. The Kier molecular flexibility index (Phi) is 6.31. The van der Waals surface area contributed by atoms with Crippen LogP contribution in [0.2, 0.25) is 0 Å². The molecule has 1 aliphatic carbocycles. The highest BCUT2D eigenvalue weighted by Crippen LogP contribution is 2.39. The van der Waals surface area contributed by atoms with Crippen molar-refractivity contribution in [2.45, 2.75) is 52.0 Å². The van der Waals surface area contributed by atoms with Gasteiger partial charge < -0.3 is 14.0 Å². The number of hydrogen-bond donors (Lipinski definition) is 0. The highest BCUT2D eigenvalue weighted by Gasteiger charge is 2.27. The van der Waals surface area contributed by atoms with Gasteiger partial charge in [-0.25, -0.2) is 4.79 Å². The quantitative estimate of drug-likeness (QED) is 0.253. The summed E-state index contributed by atoms with van der Waals surface area (Å²) in [4.78, 5) is 23.8. The van der Waals surface area contributed by atoms with E-state index in [1.807, 2.05) is 19.1 Å². The fraction of sp³-hybridized carbons (Fsp3) is 0.360. The summed E-state index contributed by atoms with van der Waals surface area (Å²) >= 11 is 0. The van der Waals surface area contributed by atoms with Gasteiger partial charge in [-0.1, -0.05) is 19.3 Å². The standard InChI is InChI=1S/C25H25N3O5/c1-3-32-25(29)24-16(2)27(18-7-5-4-6-8-18)21-11-10-19(14-20(21)24)33-23-12-9-17(15-26)13-22(23)28(30)31/h9-14,18H,3-8H2,1-2H3. The van der Waals surface area contributed by atoms with Crippen molar-refractivity contribution in [2.24, 2.45) is 0 Å². The van der Waals surface area contributed by atoms with Crippen LogP contribution in [0.1, 0.15) is 66.7 Å². The van der Waals surface area contributed by atoms with Gasteiger partial charge in [0.2, 0.25) is 5.75 Å². The Labute approximate surface area is 191 Å². The Morgan fingerprint density at radius 2 is 1.97 bits per heavy atom. The number of nitrogens with zero attached hydrogens (tertiary/aromatic N) is 3. The number of rotatable bonds is 6. The molecule has 0 bridgehead atoms. The van der Waals surface area contributed by atoms with Gasteiger partial charge in [-0.2, -0.15) is 5.26 Å². The second kappa shape index (κ2) is 9.33. The number of carbonyl (C=O) groups excluding carboxylic acids is 1. The molecule has 0 atom stereocenters. The minimum atomic E-state index is -0.581. The first kappa shape index (κ1) is 22.3. The van der Waals surface area contributed by atoms with Gasteiger partial charge in [-0.05, 0) is 57.0 Å². The van der Waals surface area contributed by atoms with Gasteiger partial charge in [0, 0.05) is 28.7 Å². The van der Waals surface area contributed by atoms with Crippen molar-refractivity contribution in [3.63, 3.8) is 0 Å². The van der Waals surface area contributed by atoms with E-state index >= 15 is 0 Å². The lowest BCUT2D eigenvalue weighted by Gasteiger charge is -2.26. The molecule has 1 fully saturated rings. The van der Waals surface area contributed by atoms with Gasteiger partial charge in [0.25, 0.3) is 0 Å². The molecule has 8 nitrogen and oxygen atoms in total. The van der Waals surface area contributed by atoms with E-state index in [9.17, 15) is 14.9 Å². The molecule has 0 aliphatic heterocycles. The fourth-order valence-corrected chi connectivity index (χ4v) is 4.70. The Balaban J connectivity index is 1.81. The summed E-state index contributed by atoms with van der Waals surface area (Å²) in [5.74, 6) is -0.00261. The third kappa shape index (κ3) is 4.27. The Bertz CT molecular complexity index is 1270. The number of esters is 1. The Morgan fingerprint density at radius 3 is 2.64 bits per heavy atom. The van der Waals surface area contributed by atoms with Crippen LogP contribution in [-0.2, 0) is 4.74 Å². The van der Waals surface area contributed by atoms with Crippen molar-refractivity contribution in [2.75, 3.05) is 6.61 Å². The maximum Gasteiger partial charge on any atom is 0.340 e. The van der Waals surface area contributed by atoms with Gasteiger partial charge in [0.05, 0.1) is 28.7 Å². The zero-order valence-electron chi connectivity index (χ0n) is 18.7. The molecule has 3 aromatic rings. The van der Waals surface area contributed by atoms with Crippen molar-refractivity contribution < 1.29 is 19.2 Å². The third-order valence-corrected chi connectivity index (χ3v) is 6.15. The SMILES string of the molecule is CCOC(=O)c1c(C)n(C2CCCCC2)c2ccc(Oc3ccc(C#N)cc3[N+](=O)[O-])cc12. The number of carbonyl (C=O) groups is 1. The lowest BCUT2D eigenvalue weighted by Crippen LogP contribution is -2.15. The van der Waals surface area contributed by atoms with Crippen molar-refractivity contribution in [3.8, 4) is 17.6 Å². The van der Waals surface area contributed by atoms with E-state index in [1.165, 1.54) is 24.6 Å². The molecule has 4 rings (SSSR count). The van der Waals surface area contributed by atoms with Gasteiger partial charge in [0.15, 0.2) is 0 Å². The summed E-state index contributed by atoms with van der Waals surface area (Å²) in [5, 5.41) is 21.2. The third-order valence-electron chi connectivity index (χ3n) is 6.15. The molecular formula is C25H25N3O5. The highest BCUT2D eigenvalue weighted by molar-refractivity contribution is 6.06. The molecule has 170 valence electrons. The molecule has 1 aromatic heterocycles. The topological polar surface area (TPSA) is 107 Å². The minimum absolute atomic E-state index is 0.0273. The number of fused-ring (bicyclic) bond motifs is 1. The number of nitro groups is 1. The average molecular weight is 447 g/mol. The smallest absolute Gasteiger partial charge is 0.340 e. The van der Waals surface area contributed by atoms with E-state index in [-0.39, 0.29) is 23.6 Å². The fourth-order valence-electron chi connectivity index (χ4n) is 4.70. The second-order valence-electron chi connectivity index (χ2n) is 8.18. The molecular weight excluding hydrogens is 422 g/mol. The molecule has 0 saturated heterocycles. The maximum absolute atomic E-state index is 12.9. The summed E-state index contributed by atoms with van der Waals surface area (Å²) in [6.45, 7) is 3.97. The molecule has 0 radical (unpaired) electrons. The zero-order valence-corrected chi connectivity index (χ0v) is 18.7. The molecule has 1 aliphatic rings. The number of ether oxygens (including phenoxy) is 2. The monoisotopic (exact) mass is 447 g/mol. The number of benzene rings is 2. The Morgan fingerprint density at radius 1 is 1.21 bits per heavy atom. The number of aromatic nitrogens is 1. The van der Waals surface area contributed by atoms with E-state index in [1.54, 1.807) is 19.1 Å². The summed E-state index contributed by atoms with van der Waals surface area (Å²) in [5.41, 5.74) is 2.16. The molecule has 0 spiro atoms. The van der Waals surface area contributed by atoms with Crippen LogP contribution in [0, 0.1) is 28.4 Å². The molecule has 0 unspecified atom stereocenters. The van der Waals surface area contributed by atoms with Crippen LogP contribution in [0.4, 0.5) is 5.69 Å². The van der Waals surface area contributed by atoms with E-state index in [2.05, 4.69) is 4.57 Å². The van der Waals surface area contributed by atoms with E-state index < -0.39 is 10.9 Å². The van der Waals surface area contributed by atoms with Crippen LogP contribution in [0.25, 0.3) is 10.9 Å². The van der Waals surface area contributed by atoms with Crippen LogP contribution in [0.15, 0.2) is 36.4 Å². The molecule has 1 saturated carbocycles. The molecule has 0 amide bonds. The largest absolute Gasteiger partial charge is 0.462 e. The van der Waals surface area contributed by atoms with Crippen molar-refractivity contribution in [3.05, 3.63) is 63.3 Å². The molecule has 0 N–H and O–H groups in total. The second-order valence-corrected chi connectivity index (χ2v) is 8.18. The molecule has 2 aromatic carbocycles. The highest BCUT2D eigenvalue weighted by atomic mass is 16.6. The predicted octanol–water partition coefficient (Wildman–Crippen LogP) is 6.20. The van der Waals surface area contributed by atoms with E-state index in [0.29, 0.717) is 22.7 Å². The van der Waals surface area contributed by atoms with Crippen molar-refractivity contribution >= 4 is 22.6 Å². The summed E-state index contributed by atoms with van der Waals surface area (Å²) in [6.07, 6.45) is 5.65. The summed E-state index contributed by atoms with van der Waals surface area (Å²) in [6, 6.07) is 11.6.